The summed E-state index contributed by atoms with van der Waals surface area (Å²) in [4.78, 5) is 27.3. The van der Waals surface area contributed by atoms with Crippen LogP contribution in [0.4, 0.5) is 10.1 Å². The highest BCUT2D eigenvalue weighted by Gasteiger charge is 2.29. The molecule has 10 heteroatoms. The molecular formula is C28H32ClFN2O6. The Morgan fingerprint density at radius 1 is 1.18 bits per heavy atom. The summed E-state index contributed by atoms with van der Waals surface area (Å²) in [5.41, 5.74) is 0.443. The maximum Gasteiger partial charge on any atom is 0.341 e. The second-order valence-electron chi connectivity index (χ2n) is 10.5. The van der Waals surface area contributed by atoms with Crippen molar-refractivity contribution < 1.29 is 28.9 Å². The largest absolute Gasteiger partial charge is 0.496 e. The van der Waals surface area contributed by atoms with E-state index in [9.17, 15) is 19.8 Å². The molecule has 1 aliphatic heterocycles. The summed E-state index contributed by atoms with van der Waals surface area (Å²) >= 11 is 6.26. The molecule has 1 fully saturated rings. The highest BCUT2D eigenvalue weighted by molar-refractivity contribution is 6.31. The summed E-state index contributed by atoms with van der Waals surface area (Å²) in [6, 6.07) is 5.97. The first-order valence-corrected chi connectivity index (χ1v) is 12.7. The second kappa shape index (κ2) is 10.9. The van der Waals surface area contributed by atoms with E-state index in [2.05, 4.69) is 4.90 Å². The number of hydrogen-bond acceptors (Lipinski definition) is 6. The zero-order chi connectivity index (χ0) is 27.8. The van der Waals surface area contributed by atoms with Gasteiger partial charge in [0.05, 0.1) is 43.5 Å². The zero-order valence-electron chi connectivity index (χ0n) is 21.9. The molecule has 3 aromatic rings. The molecule has 1 atom stereocenters. The van der Waals surface area contributed by atoms with E-state index in [4.69, 9.17) is 21.1 Å². The standard InChI is InChI=1S/C28H32ClFN2O6/c1-28(2,3)24(15-33)32-14-20(27(35)36)26(34)19-11-16(23(37-4)13-22(19)32)9-17-10-18(12-21(29)25(17)30)31-5-7-38-8-6-31/h10-14,24,33H,5-9,15H2,1-4H3,(H,35,36)/t24-/m1/s1. The maximum absolute atomic E-state index is 15.2. The molecule has 0 bridgehead atoms. The van der Waals surface area contributed by atoms with E-state index < -0.39 is 34.2 Å². The number of aliphatic hydroxyl groups excluding tert-OH is 1. The van der Waals surface area contributed by atoms with Gasteiger partial charge in [-0.25, -0.2) is 9.18 Å². The summed E-state index contributed by atoms with van der Waals surface area (Å²) < 4.78 is 27.9. The monoisotopic (exact) mass is 546 g/mol. The Balaban J connectivity index is 1.91. The number of pyridine rings is 1. The van der Waals surface area contributed by atoms with Gasteiger partial charge < -0.3 is 29.2 Å². The normalized spacial score (nSPS) is 15.1. The Bertz CT molecular complexity index is 1430. The van der Waals surface area contributed by atoms with Crippen molar-refractivity contribution >= 4 is 34.2 Å². The van der Waals surface area contributed by atoms with Crippen LogP contribution in [-0.2, 0) is 11.2 Å². The van der Waals surface area contributed by atoms with Crippen LogP contribution in [0.2, 0.25) is 5.02 Å². The average molecular weight is 547 g/mol. The predicted molar refractivity (Wildman–Crippen MR) is 145 cm³/mol. The van der Waals surface area contributed by atoms with Crippen molar-refractivity contribution in [3.05, 3.63) is 68.2 Å². The van der Waals surface area contributed by atoms with Crippen LogP contribution in [0.15, 0.2) is 35.3 Å². The van der Waals surface area contributed by atoms with Crippen molar-refractivity contribution in [1.82, 2.24) is 4.57 Å². The van der Waals surface area contributed by atoms with Crippen LogP contribution in [0.1, 0.15) is 48.3 Å². The van der Waals surface area contributed by atoms with Gasteiger partial charge in [0.15, 0.2) is 0 Å². The highest BCUT2D eigenvalue weighted by atomic mass is 35.5. The Hall–Kier alpha value is -3.14. The minimum absolute atomic E-state index is 0.0183. The SMILES string of the molecule is COc1cc2c(cc1Cc1cc(N3CCOCC3)cc(Cl)c1F)c(=O)c(C(=O)O)cn2[C@H](CO)C(C)(C)C. The number of methoxy groups -OCH3 is 1. The second-order valence-corrected chi connectivity index (χ2v) is 10.9. The van der Waals surface area contributed by atoms with Crippen LogP contribution >= 0.6 is 11.6 Å². The summed E-state index contributed by atoms with van der Waals surface area (Å²) in [7, 11) is 1.47. The van der Waals surface area contributed by atoms with E-state index in [-0.39, 0.29) is 23.4 Å². The van der Waals surface area contributed by atoms with Crippen LogP contribution in [0.25, 0.3) is 10.9 Å². The van der Waals surface area contributed by atoms with Gasteiger partial charge in [0, 0.05) is 42.8 Å². The average Bonchev–Trinajstić information content (AvgIpc) is 2.87. The summed E-state index contributed by atoms with van der Waals surface area (Å²) in [6.45, 7) is 7.89. The lowest BCUT2D eigenvalue weighted by molar-refractivity contribution is 0.0692. The van der Waals surface area contributed by atoms with E-state index in [0.717, 1.165) is 5.69 Å². The fourth-order valence-electron chi connectivity index (χ4n) is 4.91. The van der Waals surface area contributed by atoms with Crippen LogP contribution in [0.3, 0.4) is 0 Å². The number of hydrogen-bond donors (Lipinski definition) is 2. The quantitative estimate of drug-likeness (QED) is 0.450. The fourth-order valence-corrected chi connectivity index (χ4v) is 5.14. The van der Waals surface area contributed by atoms with Gasteiger partial charge in [-0.1, -0.05) is 32.4 Å². The topological polar surface area (TPSA) is 101 Å². The van der Waals surface area contributed by atoms with Gasteiger partial charge in [-0.05, 0) is 34.7 Å². The molecule has 0 unspecified atom stereocenters. The van der Waals surface area contributed by atoms with Gasteiger partial charge in [-0.2, -0.15) is 0 Å². The first kappa shape index (κ1) is 27.9. The molecule has 0 saturated carbocycles. The molecule has 38 heavy (non-hydrogen) atoms. The lowest BCUT2D eigenvalue weighted by Gasteiger charge is -2.33. The highest BCUT2D eigenvalue weighted by Crippen LogP contribution is 2.36. The number of morpholine rings is 1. The molecule has 0 aliphatic carbocycles. The van der Waals surface area contributed by atoms with Crippen LogP contribution in [0, 0.1) is 11.2 Å². The summed E-state index contributed by atoms with van der Waals surface area (Å²) in [6.07, 6.45) is 1.33. The number of benzene rings is 2. The Morgan fingerprint density at radius 3 is 2.45 bits per heavy atom. The van der Waals surface area contributed by atoms with Gasteiger partial charge in [0.2, 0.25) is 5.43 Å². The van der Waals surface area contributed by atoms with Crippen LogP contribution in [0.5, 0.6) is 5.75 Å². The molecule has 0 amide bonds. The Kier molecular flexibility index (Phi) is 8.01. The van der Waals surface area contributed by atoms with Crippen LogP contribution in [-0.4, -0.2) is 60.8 Å². The summed E-state index contributed by atoms with van der Waals surface area (Å²) in [5.74, 6) is -1.55. The number of aromatic carboxylic acids is 1. The fraction of sp³-hybridized carbons (Fsp3) is 0.429. The molecule has 4 rings (SSSR count). The first-order valence-electron chi connectivity index (χ1n) is 12.4. The molecule has 0 spiro atoms. The van der Waals surface area contributed by atoms with Crippen molar-refractivity contribution in [2.75, 3.05) is 44.9 Å². The van der Waals surface area contributed by atoms with E-state index in [1.807, 2.05) is 20.8 Å². The molecular weight excluding hydrogens is 515 g/mol. The molecule has 1 saturated heterocycles. The summed E-state index contributed by atoms with van der Waals surface area (Å²) in [5, 5.41) is 20.1. The third-order valence-corrected chi connectivity index (χ3v) is 7.29. The van der Waals surface area contributed by atoms with Crippen molar-refractivity contribution in [2.24, 2.45) is 5.41 Å². The van der Waals surface area contributed by atoms with Crippen molar-refractivity contribution in [2.45, 2.75) is 33.2 Å². The molecule has 1 aliphatic rings. The number of fused-ring (bicyclic) bond motifs is 1. The van der Waals surface area contributed by atoms with Crippen LogP contribution < -0.4 is 15.1 Å². The van der Waals surface area contributed by atoms with E-state index in [1.54, 1.807) is 28.8 Å². The number of aromatic nitrogens is 1. The molecule has 1 aromatic heterocycles. The molecule has 2 aromatic carbocycles. The predicted octanol–water partition coefficient (Wildman–Crippen LogP) is 4.51. The van der Waals surface area contributed by atoms with E-state index in [1.165, 1.54) is 13.3 Å². The first-order chi connectivity index (χ1) is 18.0. The van der Waals surface area contributed by atoms with Gasteiger partial charge in [0.25, 0.3) is 0 Å². The number of carbonyl (C=O) groups is 1. The number of aliphatic hydroxyl groups is 1. The number of carboxylic acid groups (broad SMARTS) is 1. The third kappa shape index (κ3) is 5.36. The number of carboxylic acids is 1. The van der Waals surface area contributed by atoms with Crippen molar-refractivity contribution in [3.8, 4) is 5.75 Å². The maximum atomic E-state index is 15.2. The minimum Gasteiger partial charge on any atom is -0.496 e. The molecule has 2 heterocycles. The third-order valence-electron chi connectivity index (χ3n) is 7.02. The van der Waals surface area contributed by atoms with Crippen molar-refractivity contribution in [1.29, 1.82) is 0 Å². The van der Waals surface area contributed by atoms with Gasteiger partial charge in [0.1, 0.15) is 17.1 Å². The number of halogens is 2. The number of nitrogens with zero attached hydrogens (tertiary/aromatic N) is 2. The number of rotatable bonds is 7. The molecule has 2 N–H and O–H groups in total. The molecule has 8 nitrogen and oxygen atoms in total. The smallest absolute Gasteiger partial charge is 0.341 e. The van der Waals surface area contributed by atoms with Crippen molar-refractivity contribution in [3.63, 3.8) is 0 Å². The van der Waals surface area contributed by atoms with E-state index >= 15 is 4.39 Å². The Morgan fingerprint density at radius 2 is 1.87 bits per heavy atom. The number of ether oxygens (including phenoxy) is 2. The molecule has 0 radical (unpaired) electrons. The number of anilines is 1. The lowest BCUT2D eigenvalue weighted by atomic mass is 9.86. The zero-order valence-corrected chi connectivity index (χ0v) is 22.6. The van der Waals surface area contributed by atoms with Gasteiger partial charge >= 0.3 is 5.97 Å². The Labute approximate surface area is 225 Å². The molecule has 204 valence electrons. The van der Waals surface area contributed by atoms with Gasteiger partial charge in [-0.3, -0.25) is 4.79 Å². The lowest BCUT2D eigenvalue weighted by Crippen LogP contribution is -2.36. The van der Waals surface area contributed by atoms with E-state index in [0.29, 0.717) is 48.7 Å². The van der Waals surface area contributed by atoms with Gasteiger partial charge in [-0.15, -0.1) is 0 Å². The minimum atomic E-state index is -1.37.